The second-order valence-corrected chi connectivity index (χ2v) is 4.41. The Morgan fingerprint density at radius 2 is 1.25 bits per heavy atom. The van der Waals surface area contributed by atoms with Crippen LogP contribution in [0.15, 0.2) is 12.8 Å². The van der Waals surface area contributed by atoms with Crippen LogP contribution in [0.1, 0.15) is 20.8 Å². The van der Waals surface area contributed by atoms with Crippen LogP contribution in [0.4, 0.5) is 0 Å². The molecule has 0 N–H and O–H groups in total. The summed E-state index contributed by atoms with van der Waals surface area (Å²) < 4.78 is 18.6. The summed E-state index contributed by atoms with van der Waals surface area (Å²) in [6.07, 6.45) is 0.862. The first kappa shape index (κ1) is 14.2. The highest BCUT2D eigenvalue weighted by Crippen LogP contribution is 2.13. The fourth-order valence-corrected chi connectivity index (χ4v) is 2.29. The van der Waals surface area contributed by atoms with Gasteiger partial charge in [0.15, 0.2) is 0 Å². The largest absolute Gasteiger partial charge is 0.972 e. The molecule has 0 aromatic heterocycles. The summed E-state index contributed by atoms with van der Waals surface area (Å²) in [5.74, 6) is -2.43. The Labute approximate surface area is 93.4 Å². The molecule has 7 nitrogen and oxygen atoms in total. The Morgan fingerprint density at radius 3 is 1.44 bits per heavy atom. The first-order chi connectivity index (χ1) is 7.31. The minimum absolute atomic E-state index is 0.809. The second kappa shape index (κ2) is 5.91. The number of carbonyl (C=O) groups excluding carboxylic acids is 3. The number of rotatable bonds is 5. The van der Waals surface area contributed by atoms with Gasteiger partial charge in [-0.15, -0.1) is 0 Å². The Hall–Kier alpha value is -1.83. The van der Waals surface area contributed by atoms with E-state index in [4.69, 9.17) is 4.43 Å². The lowest BCUT2D eigenvalue weighted by Crippen LogP contribution is -2.51. The number of hydrogen-bond acceptors (Lipinski definition) is 7. The van der Waals surface area contributed by atoms with E-state index in [1.165, 1.54) is 0 Å². The van der Waals surface area contributed by atoms with Crippen molar-refractivity contribution in [3.8, 4) is 0 Å². The molecule has 0 aliphatic heterocycles. The van der Waals surface area contributed by atoms with Crippen molar-refractivity contribution in [1.29, 1.82) is 0 Å². The van der Waals surface area contributed by atoms with Crippen molar-refractivity contribution in [1.82, 2.24) is 0 Å². The monoisotopic (exact) mass is 248 g/mol. The van der Waals surface area contributed by atoms with E-state index in [-0.39, 0.29) is 0 Å². The van der Waals surface area contributed by atoms with Crippen LogP contribution < -0.4 is 0 Å². The molecule has 90 valence electrons. The van der Waals surface area contributed by atoms with Gasteiger partial charge in [-0.05, 0) is 0 Å². The van der Waals surface area contributed by atoms with E-state index in [0.717, 1.165) is 27.0 Å². The fraction of sp³-hybridized carbons (Fsp3) is 0.375. The van der Waals surface area contributed by atoms with Gasteiger partial charge in [0, 0.05) is 20.8 Å². The zero-order valence-corrected chi connectivity index (χ0v) is 10.1. The molecule has 0 saturated carbocycles. The van der Waals surface area contributed by atoms with E-state index in [9.17, 15) is 14.4 Å². The normalized spacial score (nSPS) is 9.94. The minimum Gasteiger partial charge on any atom is -0.459 e. The third-order valence-electron chi connectivity index (χ3n) is 1.03. The Bertz CT molecular complexity index is 271. The molecular weight excluding hydrogens is 236 g/mol. The van der Waals surface area contributed by atoms with Gasteiger partial charge in [0.25, 0.3) is 17.9 Å². The van der Waals surface area contributed by atoms with Crippen molar-refractivity contribution in [3.63, 3.8) is 0 Å². The van der Waals surface area contributed by atoms with Crippen LogP contribution in [-0.4, -0.2) is 27.0 Å². The highest BCUT2D eigenvalue weighted by atomic mass is 28.4. The van der Waals surface area contributed by atoms with Gasteiger partial charge in [-0.25, -0.2) is 0 Å². The van der Waals surface area contributed by atoms with Crippen LogP contribution in [-0.2, 0) is 32.1 Å². The summed E-state index contributed by atoms with van der Waals surface area (Å²) in [6.45, 7) is 6.38. The second-order valence-electron chi connectivity index (χ2n) is 2.57. The van der Waals surface area contributed by atoms with Gasteiger partial charge >= 0.3 is 9.05 Å². The molecule has 0 rings (SSSR count). The van der Waals surface area contributed by atoms with Gasteiger partial charge in [0.05, 0.1) is 6.26 Å². The maximum atomic E-state index is 10.8. The summed E-state index contributed by atoms with van der Waals surface area (Å²) in [4.78, 5) is 32.4. The Balaban J connectivity index is 5.00. The van der Waals surface area contributed by atoms with Gasteiger partial charge in [0.1, 0.15) is 0 Å². The van der Waals surface area contributed by atoms with Crippen LogP contribution in [0.3, 0.4) is 0 Å². The van der Waals surface area contributed by atoms with E-state index in [1.807, 2.05) is 0 Å². The molecule has 0 radical (unpaired) electrons. The molecule has 0 aromatic carbocycles. The predicted molar refractivity (Wildman–Crippen MR) is 52.3 cm³/mol. The highest BCUT2D eigenvalue weighted by molar-refractivity contribution is 6.59. The third kappa shape index (κ3) is 5.15. The van der Waals surface area contributed by atoms with Crippen molar-refractivity contribution in [3.05, 3.63) is 12.8 Å². The SMILES string of the molecule is C=CO[Si](OC(C)=O)(OC(C)=O)OC(C)=O. The van der Waals surface area contributed by atoms with Gasteiger partial charge in [-0.3, -0.25) is 14.4 Å². The molecule has 0 aliphatic carbocycles. The van der Waals surface area contributed by atoms with Crippen molar-refractivity contribution in [2.45, 2.75) is 20.8 Å². The topological polar surface area (TPSA) is 88.1 Å². The van der Waals surface area contributed by atoms with Crippen molar-refractivity contribution in [2.24, 2.45) is 0 Å². The predicted octanol–water partition coefficient (Wildman–Crippen LogP) is 0.271. The van der Waals surface area contributed by atoms with E-state index in [2.05, 4.69) is 19.9 Å². The van der Waals surface area contributed by atoms with Crippen LogP contribution in [0.25, 0.3) is 0 Å². The molecule has 0 bridgehead atoms. The molecule has 8 heteroatoms. The smallest absolute Gasteiger partial charge is 0.459 e. The van der Waals surface area contributed by atoms with Crippen LogP contribution in [0.2, 0.25) is 0 Å². The summed E-state index contributed by atoms with van der Waals surface area (Å²) in [5.41, 5.74) is 0. The maximum absolute atomic E-state index is 10.8. The molecular formula is C8H12O7Si. The standard InChI is InChI=1S/C8H12O7Si/c1-5-12-16(13-6(2)9,14-7(3)10)15-8(4)11/h5H,1H2,2-4H3. The molecule has 0 aromatic rings. The Morgan fingerprint density at radius 1 is 0.938 bits per heavy atom. The first-order valence-electron chi connectivity index (χ1n) is 4.19. The zero-order chi connectivity index (χ0) is 12.8. The average Bonchev–Trinajstić information content (AvgIpc) is 1.98. The van der Waals surface area contributed by atoms with Crippen molar-refractivity contribution < 1.29 is 32.1 Å². The van der Waals surface area contributed by atoms with E-state index in [1.54, 1.807) is 0 Å². The minimum atomic E-state index is -4.15. The van der Waals surface area contributed by atoms with Gasteiger partial charge in [-0.1, -0.05) is 6.58 Å². The molecule has 0 aliphatic rings. The zero-order valence-electron chi connectivity index (χ0n) is 9.14. The summed E-state index contributed by atoms with van der Waals surface area (Å²) in [5, 5.41) is 0. The summed E-state index contributed by atoms with van der Waals surface area (Å²) >= 11 is 0. The molecule has 0 amide bonds. The lowest BCUT2D eigenvalue weighted by atomic mass is 10.9. The van der Waals surface area contributed by atoms with Crippen LogP contribution >= 0.6 is 0 Å². The lowest BCUT2D eigenvalue weighted by Gasteiger charge is -2.22. The average molecular weight is 248 g/mol. The Kier molecular flexibility index (Phi) is 5.23. The molecule has 0 atom stereocenters. The summed E-state index contributed by atoms with van der Waals surface area (Å²) in [7, 11) is -4.15. The molecule has 0 fully saturated rings. The molecule has 0 saturated heterocycles. The highest BCUT2D eigenvalue weighted by Gasteiger charge is 2.59. The third-order valence-corrected chi connectivity index (χ3v) is 3.10. The van der Waals surface area contributed by atoms with Gasteiger partial charge < -0.3 is 17.7 Å². The lowest BCUT2D eigenvalue weighted by molar-refractivity contribution is -0.154. The quantitative estimate of drug-likeness (QED) is 0.509. The van der Waals surface area contributed by atoms with Gasteiger partial charge in [-0.2, -0.15) is 0 Å². The van der Waals surface area contributed by atoms with E-state index < -0.39 is 27.0 Å². The fourth-order valence-electron chi connectivity index (χ4n) is 0.765. The molecule has 0 spiro atoms. The molecule has 0 unspecified atom stereocenters. The van der Waals surface area contributed by atoms with Crippen molar-refractivity contribution in [2.75, 3.05) is 0 Å². The van der Waals surface area contributed by atoms with Crippen molar-refractivity contribution >= 4 is 27.0 Å². The first-order valence-corrected chi connectivity index (χ1v) is 5.82. The van der Waals surface area contributed by atoms with Gasteiger partial charge in [0.2, 0.25) is 0 Å². The molecule has 0 heterocycles. The number of hydrogen-bond donors (Lipinski definition) is 0. The van der Waals surface area contributed by atoms with E-state index >= 15 is 0 Å². The van der Waals surface area contributed by atoms with Crippen LogP contribution in [0.5, 0.6) is 0 Å². The maximum Gasteiger partial charge on any atom is 0.972 e. The van der Waals surface area contributed by atoms with Crippen LogP contribution in [0, 0.1) is 0 Å². The van der Waals surface area contributed by atoms with E-state index in [0.29, 0.717) is 0 Å². The molecule has 16 heavy (non-hydrogen) atoms. The number of carbonyl (C=O) groups is 3. The summed E-state index contributed by atoms with van der Waals surface area (Å²) in [6, 6.07) is 0.